The predicted molar refractivity (Wildman–Crippen MR) is 73.3 cm³/mol. The summed E-state index contributed by atoms with van der Waals surface area (Å²) >= 11 is 0. The molecule has 104 valence electrons. The minimum absolute atomic E-state index is 0.0747. The summed E-state index contributed by atoms with van der Waals surface area (Å²) in [6, 6.07) is 0. The monoisotopic (exact) mass is 253 g/mol. The molecule has 2 N–H and O–H groups in total. The fraction of sp³-hybridized carbons (Fsp3) is 0.929. The molecule has 1 amide bonds. The van der Waals surface area contributed by atoms with Crippen LogP contribution in [0, 0.1) is 0 Å². The van der Waals surface area contributed by atoms with Crippen LogP contribution in [-0.2, 0) is 4.79 Å². The van der Waals surface area contributed by atoms with E-state index in [0.717, 1.165) is 32.5 Å². The van der Waals surface area contributed by atoms with E-state index >= 15 is 0 Å². The van der Waals surface area contributed by atoms with Gasteiger partial charge >= 0.3 is 0 Å². The topological polar surface area (TPSA) is 49.6 Å². The summed E-state index contributed by atoms with van der Waals surface area (Å²) in [5.74, 6) is 0.251. The number of carbonyl (C=O) groups excluding carboxylic acids is 1. The Morgan fingerprint density at radius 3 is 2.39 bits per heavy atom. The van der Waals surface area contributed by atoms with Crippen LogP contribution in [0.3, 0.4) is 0 Å². The zero-order chi connectivity index (χ0) is 13.4. The Bertz CT molecular complexity index is 321. The van der Waals surface area contributed by atoms with Crippen LogP contribution in [0.2, 0.25) is 0 Å². The second kappa shape index (κ2) is 4.82. The zero-order valence-corrected chi connectivity index (χ0v) is 12.0. The van der Waals surface area contributed by atoms with Crippen LogP contribution in [0.5, 0.6) is 0 Å². The van der Waals surface area contributed by atoms with Crippen LogP contribution < -0.4 is 5.73 Å². The lowest BCUT2D eigenvalue weighted by atomic mass is 9.92. The largest absolute Gasteiger partial charge is 0.340 e. The molecule has 2 rings (SSSR count). The summed E-state index contributed by atoms with van der Waals surface area (Å²) in [5, 5.41) is 0. The third-order valence-corrected chi connectivity index (χ3v) is 4.77. The molecular formula is C14H27N3O. The molecule has 1 saturated carbocycles. The van der Waals surface area contributed by atoms with E-state index < -0.39 is 0 Å². The van der Waals surface area contributed by atoms with Gasteiger partial charge in [-0.3, -0.25) is 9.69 Å². The maximum absolute atomic E-state index is 12.4. The van der Waals surface area contributed by atoms with E-state index in [-0.39, 0.29) is 17.0 Å². The number of hydrogen-bond acceptors (Lipinski definition) is 3. The summed E-state index contributed by atoms with van der Waals surface area (Å²) in [6.45, 7) is 7.00. The van der Waals surface area contributed by atoms with Crippen molar-refractivity contribution in [3.05, 3.63) is 0 Å². The highest BCUT2D eigenvalue weighted by atomic mass is 16.2. The number of likely N-dealkylation sites (N-methyl/N-ethyl adjacent to an activating group) is 1. The Balaban J connectivity index is 1.93. The molecule has 1 saturated heterocycles. The Labute approximate surface area is 110 Å². The van der Waals surface area contributed by atoms with Crippen LogP contribution in [0.4, 0.5) is 0 Å². The smallest absolute Gasteiger partial charge is 0.224 e. The van der Waals surface area contributed by atoms with Crippen LogP contribution in [0.15, 0.2) is 0 Å². The van der Waals surface area contributed by atoms with Crippen molar-refractivity contribution >= 4 is 5.91 Å². The highest BCUT2D eigenvalue weighted by molar-refractivity contribution is 5.77. The molecule has 0 aromatic heterocycles. The van der Waals surface area contributed by atoms with Crippen LogP contribution in [0.25, 0.3) is 0 Å². The van der Waals surface area contributed by atoms with Gasteiger partial charge in [0, 0.05) is 37.1 Å². The van der Waals surface area contributed by atoms with Crippen molar-refractivity contribution in [2.45, 2.75) is 57.0 Å². The average molecular weight is 253 g/mol. The highest BCUT2D eigenvalue weighted by Crippen LogP contribution is 2.31. The molecule has 4 heteroatoms. The molecular weight excluding hydrogens is 226 g/mol. The standard InChI is InChI=1S/C14H27N3O/c1-13(2)11-17(9-8-16(13)3)12(18)10-14(15)6-4-5-7-14/h4-11,15H2,1-3H3. The molecule has 18 heavy (non-hydrogen) atoms. The molecule has 0 radical (unpaired) electrons. The maximum Gasteiger partial charge on any atom is 0.224 e. The fourth-order valence-corrected chi connectivity index (χ4v) is 3.12. The molecule has 2 fully saturated rings. The molecule has 0 aromatic carbocycles. The van der Waals surface area contributed by atoms with Crippen molar-refractivity contribution in [1.29, 1.82) is 0 Å². The first-order chi connectivity index (χ1) is 8.32. The number of piperazine rings is 1. The molecule has 0 atom stereocenters. The van der Waals surface area contributed by atoms with E-state index in [2.05, 4.69) is 25.8 Å². The molecule has 1 heterocycles. The van der Waals surface area contributed by atoms with Gasteiger partial charge in [-0.15, -0.1) is 0 Å². The normalized spacial score (nSPS) is 27.4. The summed E-state index contributed by atoms with van der Waals surface area (Å²) in [7, 11) is 2.13. The summed E-state index contributed by atoms with van der Waals surface area (Å²) in [5.41, 5.74) is 6.16. The van der Waals surface area contributed by atoms with Crippen molar-refractivity contribution in [3.63, 3.8) is 0 Å². The number of carbonyl (C=O) groups is 1. The maximum atomic E-state index is 12.4. The predicted octanol–water partition coefficient (Wildman–Crippen LogP) is 1.20. The van der Waals surface area contributed by atoms with Crippen molar-refractivity contribution in [2.24, 2.45) is 5.73 Å². The Morgan fingerprint density at radius 2 is 1.83 bits per heavy atom. The molecule has 0 bridgehead atoms. The van der Waals surface area contributed by atoms with Crippen LogP contribution in [-0.4, -0.2) is 53.5 Å². The van der Waals surface area contributed by atoms with Crippen LogP contribution >= 0.6 is 0 Å². The minimum atomic E-state index is -0.218. The first-order valence-electron chi connectivity index (χ1n) is 7.10. The molecule has 0 unspecified atom stereocenters. The second-order valence-electron chi connectivity index (χ2n) is 6.80. The van der Waals surface area contributed by atoms with Crippen molar-refractivity contribution < 1.29 is 4.79 Å². The van der Waals surface area contributed by atoms with E-state index in [9.17, 15) is 4.79 Å². The van der Waals surface area contributed by atoms with E-state index in [1.54, 1.807) is 0 Å². The van der Waals surface area contributed by atoms with E-state index in [1.165, 1.54) is 12.8 Å². The lowest BCUT2D eigenvalue weighted by molar-refractivity contribution is -0.137. The third-order valence-electron chi connectivity index (χ3n) is 4.77. The van der Waals surface area contributed by atoms with E-state index in [1.807, 2.05) is 4.90 Å². The van der Waals surface area contributed by atoms with Gasteiger partial charge in [0.2, 0.25) is 5.91 Å². The third kappa shape index (κ3) is 2.86. The van der Waals surface area contributed by atoms with Gasteiger partial charge in [0.05, 0.1) is 0 Å². The minimum Gasteiger partial charge on any atom is -0.340 e. The molecule has 4 nitrogen and oxygen atoms in total. The number of amides is 1. The van der Waals surface area contributed by atoms with E-state index in [0.29, 0.717) is 6.42 Å². The van der Waals surface area contributed by atoms with Gasteiger partial charge in [-0.25, -0.2) is 0 Å². The SMILES string of the molecule is CN1CCN(C(=O)CC2(N)CCCC2)CC1(C)C. The van der Waals surface area contributed by atoms with Gasteiger partial charge in [0.1, 0.15) is 0 Å². The van der Waals surface area contributed by atoms with Crippen molar-refractivity contribution in [3.8, 4) is 0 Å². The fourth-order valence-electron chi connectivity index (χ4n) is 3.12. The van der Waals surface area contributed by atoms with Gasteiger partial charge in [-0.2, -0.15) is 0 Å². The van der Waals surface area contributed by atoms with Gasteiger partial charge in [0.15, 0.2) is 0 Å². The Morgan fingerprint density at radius 1 is 1.22 bits per heavy atom. The summed E-state index contributed by atoms with van der Waals surface area (Å²) < 4.78 is 0. The molecule has 2 aliphatic rings. The summed E-state index contributed by atoms with van der Waals surface area (Å²) in [6.07, 6.45) is 4.91. The first kappa shape index (κ1) is 13.8. The number of rotatable bonds is 2. The lowest BCUT2D eigenvalue weighted by Crippen LogP contribution is -2.59. The van der Waals surface area contributed by atoms with Gasteiger partial charge in [0.25, 0.3) is 0 Å². The van der Waals surface area contributed by atoms with Gasteiger partial charge < -0.3 is 10.6 Å². The number of nitrogens with zero attached hydrogens (tertiary/aromatic N) is 2. The zero-order valence-electron chi connectivity index (χ0n) is 12.0. The van der Waals surface area contributed by atoms with Crippen LogP contribution in [0.1, 0.15) is 46.0 Å². The lowest BCUT2D eigenvalue weighted by Gasteiger charge is -2.45. The quantitative estimate of drug-likeness (QED) is 0.804. The first-order valence-corrected chi connectivity index (χ1v) is 7.10. The molecule has 1 aliphatic carbocycles. The second-order valence-corrected chi connectivity index (χ2v) is 6.80. The Hall–Kier alpha value is -0.610. The summed E-state index contributed by atoms with van der Waals surface area (Å²) in [4.78, 5) is 16.7. The average Bonchev–Trinajstić information content (AvgIpc) is 2.68. The highest BCUT2D eigenvalue weighted by Gasteiger charge is 2.37. The van der Waals surface area contributed by atoms with Gasteiger partial charge in [-0.1, -0.05) is 12.8 Å². The van der Waals surface area contributed by atoms with Crippen molar-refractivity contribution in [1.82, 2.24) is 9.80 Å². The van der Waals surface area contributed by atoms with Gasteiger partial charge in [-0.05, 0) is 33.7 Å². The molecule has 0 aromatic rings. The number of nitrogens with two attached hydrogens (primary N) is 1. The van der Waals surface area contributed by atoms with Crippen molar-refractivity contribution in [2.75, 3.05) is 26.7 Å². The van der Waals surface area contributed by atoms with E-state index in [4.69, 9.17) is 5.73 Å². The molecule has 1 aliphatic heterocycles. The number of hydrogen-bond donors (Lipinski definition) is 1. The molecule has 0 spiro atoms. The Kier molecular flexibility index (Phi) is 3.70.